The maximum atomic E-state index is 12.5. The third-order valence-electron chi connectivity index (χ3n) is 4.00. The fourth-order valence-electron chi connectivity index (χ4n) is 2.74. The number of amides is 1. The zero-order chi connectivity index (χ0) is 17.1. The predicted molar refractivity (Wildman–Crippen MR) is 97.5 cm³/mol. The van der Waals surface area contributed by atoms with Crippen LogP contribution in [0, 0.1) is 0 Å². The highest BCUT2D eigenvalue weighted by molar-refractivity contribution is 6.08. The van der Waals surface area contributed by atoms with Gasteiger partial charge >= 0.3 is 0 Å². The molecule has 1 N–H and O–H groups in total. The van der Waals surface area contributed by atoms with Crippen LogP contribution in [0.5, 0.6) is 0 Å². The van der Waals surface area contributed by atoms with E-state index in [0.29, 0.717) is 17.8 Å². The minimum Gasteiger partial charge on any atom is -0.320 e. The van der Waals surface area contributed by atoms with Crippen LogP contribution in [0.15, 0.2) is 79.3 Å². The van der Waals surface area contributed by atoms with Gasteiger partial charge in [-0.25, -0.2) is 0 Å². The van der Waals surface area contributed by atoms with E-state index in [4.69, 9.17) is 0 Å². The first-order valence-corrected chi connectivity index (χ1v) is 8.01. The first-order chi connectivity index (χ1) is 12.3. The van der Waals surface area contributed by atoms with Crippen LogP contribution < -0.4 is 5.32 Å². The largest absolute Gasteiger partial charge is 0.320 e. The average molecular weight is 328 g/mol. The highest BCUT2D eigenvalue weighted by Gasteiger charge is 2.09. The van der Waals surface area contributed by atoms with Gasteiger partial charge < -0.3 is 5.32 Å². The number of hydrogen-bond acceptors (Lipinski definition) is 3. The molecular formula is C20H16N4O. The van der Waals surface area contributed by atoms with Crippen molar-refractivity contribution in [1.29, 1.82) is 0 Å². The molecule has 0 saturated heterocycles. The first kappa shape index (κ1) is 15.1. The molecule has 0 saturated carbocycles. The molecule has 0 aliphatic rings. The number of carbonyl (C=O) groups excluding carboxylic acids is 1. The van der Waals surface area contributed by atoms with E-state index in [1.54, 1.807) is 12.4 Å². The van der Waals surface area contributed by atoms with E-state index >= 15 is 0 Å². The molecule has 0 unspecified atom stereocenters. The average Bonchev–Trinajstić information content (AvgIpc) is 3.16. The SMILES string of the molecule is O=C(Nc1cccc2cccnc12)c1ccc(Cn2cccn2)cc1. The summed E-state index contributed by atoms with van der Waals surface area (Å²) < 4.78 is 1.84. The molecule has 0 spiro atoms. The van der Waals surface area contributed by atoms with Crippen molar-refractivity contribution in [2.24, 2.45) is 0 Å². The molecule has 2 heterocycles. The summed E-state index contributed by atoms with van der Waals surface area (Å²) in [5.74, 6) is -0.149. The van der Waals surface area contributed by atoms with Crippen LogP contribution in [0.1, 0.15) is 15.9 Å². The summed E-state index contributed by atoms with van der Waals surface area (Å²) in [7, 11) is 0. The third kappa shape index (κ3) is 3.26. The number of nitrogens with zero attached hydrogens (tertiary/aromatic N) is 3. The Bertz CT molecular complexity index is 1000. The Kier molecular flexibility index (Phi) is 3.96. The third-order valence-corrected chi connectivity index (χ3v) is 4.00. The smallest absolute Gasteiger partial charge is 0.255 e. The van der Waals surface area contributed by atoms with Crippen LogP contribution in [-0.2, 0) is 6.54 Å². The van der Waals surface area contributed by atoms with Crippen molar-refractivity contribution in [2.45, 2.75) is 6.54 Å². The van der Waals surface area contributed by atoms with Gasteiger partial charge in [0.2, 0.25) is 0 Å². The van der Waals surface area contributed by atoms with Crippen molar-refractivity contribution < 1.29 is 4.79 Å². The van der Waals surface area contributed by atoms with E-state index in [9.17, 15) is 4.79 Å². The Hall–Kier alpha value is -3.47. The Labute approximate surface area is 144 Å². The number of hydrogen-bond donors (Lipinski definition) is 1. The molecule has 25 heavy (non-hydrogen) atoms. The van der Waals surface area contributed by atoms with Gasteiger partial charge in [-0.2, -0.15) is 5.10 Å². The lowest BCUT2D eigenvalue weighted by Gasteiger charge is -2.09. The lowest BCUT2D eigenvalue weighted by Crippen LogP contribution is -2.12. The number of pyridine rings is 1. The van der Waals surface area contributed by atoms with E-state index in [1.165, 1.54) is 0 Å². The lowest BCUT2D eigenvalue weighted by molar-refractivity contribution is 0.102. The van der Waals surface area contributed by atoms with Crippen molar-refractivity contribution in [3.8, 4) is 0 Å². The van der Waals surface area contributed by atoms with Gasteiger partial charge in [-0.05, 0) is 35.9 Å². The van der Waals surface area contributed by atoms with Crippen LogP contribution in [-0.4, -0.2) is 20.7 Å². The van der Waals surface area contributed by atoms with Gasteiger partial charge in [-0.15, -0.1) is 0 Å². The van der Waals surface area contributed by atoms with E-state index < -0.39 is 0 Å². The fourth-order valence-corrected chi connectivity index (χ4v) is 2.74. The molecule has 4 aromatic rings. The molecule has 2 aromatic carbocycles. The maximum absolute atomic E-state index is 12.5. The highest BCUT2D eigenvalue weighted by atomic mass is 16.1. The van der Waals surface area contributed by atoms with Gasteiger partial charge in [0, 0.05) is 29.5 Å². The fraction of sp³-hybridized carbons (Fsp3) is 0.0500. The van der Waals surface area contributed by atoms with E-state index in [2.05, 4.69) is 15.4 Å². The van der Waals surface area contributed by atoms with E-state index in [1.807, 2.05) is 71.5 Å². The molecule has 2 aromatic heterocycles. The lowest BCUT2D eigenvalue weighted by atomic mass is 10.1. The van der Waals surface area contributed by atoms with Gasteiger partial charge in [0.05, 0.1) is 17.7 Å². The molecule has 0 bridgehead atoms. The summed E-state index contributed by atoms with van der Waals surface area (Å²) in [5, 5.41) is 8.13. The van der Waals surface area contributed by atoms with Crippen LogP contribution in [0.4, 0.5) is 5.69 Å². The van der Waals surface area contributed by atoms with Gasteiger partial charge in [0.15, 0.2) is 0 Å². The molecule has 0 fully saturated rings. The molecule has 0 atom stereocenters. The van der Waals surface area contributed by atoms with Crippen molar-refractivity contribution in [2.75, 3.05) is 5.32 Å². The molecule has 5 heteroatoms. The van der Waals surface area contributed by atoms with Crippen molar-refractivity contribution in [1.82, 2.24) is 14.8 Å². The number of fused-ring (bicyclic) bond motifs is 1. The standard InChI is InChI=1S/C20H16N4O/c25-20(23-18-6-1-4-16-5-2-11-21-19(16)18)17-9-7-15(8-10-17)14-24-13-3-12-22-24/h1-13H,14H2,(H,23,25). The molecule has 1 amide bonds. The van der Waals surface area contributed by atoms with Crippen LogP contribution in [0.3, 0.4) is 0 Å². The van der Waals surface area contributed by atoms with Crippen LogP contribution in [0.25, 0.3) is 10.9 Å². The van der Waals surface area contributed by atoms with Crippen molar-refractivity contribution in [3.63, 3.8) is 0 Å². The van der Waals surface area contributed by atoms with Crippen molar-refractivity contribution >= 4 is 22.5 Å². The summed E-state index contributed by atoms with van der Waals surface area (Å²) in [4.78, 5) is 16.9. The summed E-state index contributed by atoms with van der Waals surface area (Å²) in [5.41, 5.74) is 3.20. The van der Waals surface area contributed by atoms with Crippen LogP contribution >= 0.6 is 0 Å². The second-order valence-corrected chi connectivity index (χ2v) is 5.74. The second-order valence-electron chi connectivity index (χ2n) is 5.74. The van der Waals surface area contributed by atoms with Gasteiger partial charge in [-0.3, -0.25) is 14.5 Å². The Morgan fingerprint density at radius 2 is 1.80 bits per heavy atom. The summed E-state index contributed by atoms with van der Waals surface area (Å²) in [6.07, 6.45) is 5.39. The quantitative estimate of drug-likeness (QED) is 0.621. The number of rotatable bonds is 4. The monoisotopic (exact) mass is 328 g/mol. The number of nitrogens with one attached hydrogen (secondary N) is 1. The molecule has 5 nitrogen and oxygen atoms in total. The summed E-state index contributed by atoms with van der Waals surface area (Å²) in [6, 6.07) is 19.0. The topological polar surface area (TPSA) is 59.8 Å². The van der Waals surface area contributed by atoms with Crippen molar-refractivity contribution in [3.05, 3.63) is 90.4 Å². The van der Waals surface area contributed by atoms with Gasteiger partial charge in [0.25, 0.3) is 5.91 Å². The molecule has 0 radical (unpaired) electrons. The first-order valence-electron chi connectivity index (χ1n) is 8.01. The zero-order valence-corrected chi connectivity index (χ0v) is 13.5. The number of para-hydroxylation sites is 1. The number of anilines is 1. The number of benzene rings is 2. The zero-order valence-electron chi connectivity index (χ0n) is 13.5. The van der Waals surface area contributed by atoms with Gasteiger partial charge in [-0.1, -0.05) is 30.3 Å². The Morgan fingerprint density at radius 1 is 0.960 bits per heavy atom. The maximum Gasteiger partial charge on any atom is 0.255 e. The summed E-state index contributed by atoms with van der Waals surface area (Å²) in [6.45, 7) is 0.683. The molecule has 0 aliphatic heterocycles. The number of carbonyl (C=O) groups is 1. The summed E-state index contributed by atoms with van der Waals surface area (Å²) >= 11 is 0. The normalized spacial score (nSPS) is 10.7. The van der Waals surface area contributed by atoms with Gasteiger partial charge in [0.1, 0.15) is 0 Å². The molecule has 4 rings (SSSR count). The number of aromatic nitrogens is 3. The molecular weight excluding hydrogens is 312 g/mol. The minimum absolute atomic E-state index is 0.149. The Balaban J connectivity index is 1.52. The van der Waals surface area contributed by atoms with E-state index in [-0.39, 0.29) is 5.91 Å². The van der Waals surface area contributed by atoms with E-state index in [0.717, 1.165) is 16.5 Å². The highest BCUT2D eigenvalue weighted by Crippen LogP contribution is 2.21. The predicted octanol–water partition coefficient (Wildman–Crippen LogP) is 3.73. The van der Waals surface area contributed by atoms with Crippen LogP contribution in [0.2, 0.25) is 0 Å². The second kappa shape index (κ2) is 6.57. The molecule has 122 valence electrons. The Morgan fingerprint density at radius 3 is 2.60 bits per heavy atom. The molecule has 0 aliphatic carbocycles. The minimum atomic E-state index is -0.149.